The fourth-order valence-corrected chi connectivity index (χ4v) is 4.34. The van der Waals surface area contributed by atoms with E-state index in [1.165, 1.54) is 25.2 Å². The average molecular weight is 571 g/mol. The first-order valence-corrected chi connectivity index (χ1v) is 12.4. The summed E-state index contributed by atoms with van der Waals surface area (Å²) in [6, 6.07) is 23.7. The van der Waals surface area contributed by atoms with Crippen molar-refractivity contribution in [3.05, 3.63) is 136 Å². The molecule has 0 saturated carbocycles. The summed E-state index contributed by atoms with van der Waals surface area (Å²) in [6.07, 6.45) is -9.52. The topological polar surface area (TPSA) is 49.4 Å². The molecule has 0 aliphatic heterocycles. The number of nitrogens with one attached hydrogen (secondary N) is 1. The number of halogens is 6. The Labute approximate surface area is 232 Å². The molecule has 0 radical (unpaired) electrons. The minimum atomic E-state index is -5.01. The molecule has 41 heavy (non-hydrogen) atoms. The summed E-state index contributed by atoms with van der Waals surface area (Å²) >= 11 is 0. The molecule has 0 fully saturated rings. The number of alkyl halides is 6. The highest BCUT2D eigenvalue weighted by atomic mass is 19.4. The zero-order chi connectivity index (χ0) is 29.8. The van der Waals surface area contributed by atoms with Crippen LogP contribution < -0.4 is 5.32 Å². The van der Waals surface area contributed by atoms with E-state index in [0.717, 1.165) is 16.0 Å². The molecular weight excluding hydrogens is 546 g/mol. The highest BCUT2D eigenvalue weighted by Crippen LogP contribution is 2.36. The van der Waals surface area contributed by atoms with Gasteiger partial charge in [-0.15, -0.1) is 0 Å². The van der Waals surface area contributed by atoms with Gasteiger partial charge in [0.15, 0.2) is 0 Å². The van der Waals surface area contributed by atoms with Crippen LogP contribution in [-0.4, -0.2) is 23.8 Å². The summed E-state index contributed by atoms with van der Waals surface area (Å²) < 4.78 is 79.6. The lowest BCUT2D eigenvalue weighted by molar-refractivity contribution is -0.143. The van der Waals surface area contributed by atoms with E-state index in [0.29, 0.717) is 24.1 Å². The number of anilines is 1. The van der Waals surface area contributed by atoms with Crippen molar-refractivity contribution in [2.75, 3.05) is 12.4 Å². The summed E-state index contributed by atoms with van der Waals surface area (Å²) in [7, 11) is 1.25. The van der Waals surface area contributed by atoms with Gasteiger partial charge in [0, 0.05) is 19.2 Å². The zero-order valence-electron chi connectivity index (χ0n) is 21.7. The molecule has 2 amide bonds. The Morgan fingerprint density at radius 2 is 1.22 bits per heavy atom. The molecule has 4 rings (SSSR count). The smallest absolute Gasteiger partial charge is 0.337 e. The molecular formula is C31H24F6N2O2. The van der Waals surface area contributed by atoms with Gasteiger partial charge < -0.3 is 10.2 Å². The number of amides is 2. The van der Waals surface area contributed by atoms with Gasteiger partial charge in [0.2, 0.25) is 0 Å². The van der Waals surface area contributed by atoms with Gasteiger partial charge in [-0.2, -0.15) is 26.3 Å². The molecule has 1 N–H and O–H groups in total. The first-order valence-electron chi connectivity index (χ1n) is 12.4. The van der Waals surface area contributed by atoms with Gasteiger partial charge in [-0.1, -0.05) is 60.7 Å². The van der Waals surface area contributed by atoms with Gasteiger partial charge >= 0.3 is 12.4 Å². The summed E-state index contributed by atoms with van der Waals surface area (Å²) in [5.74, 6) is -1.18. The third-order valence-corrected chi connectivity index (χ3v) is 6.32. The maximum absolute atomic E-state index is 13.3. The third kappa shape index (κ3) is 7.33. The van der Waals surface area contributed by atoms with Crippen molar-refractivity contribution >= 4 is 17.5 Å². The van der Waals surface area contributed by atoms with Crippen molar-refractivity contribution < 1.29 is 35.9 Å². The van der Waals surface area contributed by atoms with E-state index in [1.807, 2.05) is 36.4 Å². The molecule has 0 bridgehead atoms. The molecule has 0 atom stereocenters. The number of hydrogen-bond acceptors (Lipinski definition) is 2. The average Bonchev–Trinajstić information content (AvgIpc) is 2.92. The quantitative estimate of drug-likeness (QED) is 0.230. The number of carbonyl (C=O) groups excluding carboxylic acids is 2. The van der Waals surface area contributed by atoms with Crippen molar-refractivity contribution in [2.45, 2.75) is 25.3 Å². The third-order valence-electron chi connectivity index (χ3n) is 6.32. The predicted molar refractivity (Wildman–Crippen MR) is 142 cm³/mol. The molecule has 4 aromatic rings. The molecule has 0 aliphatic rings. The molecule has 0 aliphatic carbocycles. The first kappa shape index (κ1) is 29.4. The van der Waals surface area contributed by atoms with Crippen LogP contribution in [-0.2, 0) is 25.3 Å². The number of nitrogens with zero attached hydrogens (tertiary/aromatic N) is 1. The molecule has 10 heteroatoms. The number of para-hydroxylation sites is 1. The van der Waals surface area contributed by atoms with E-state index in [9.17, 15) is 35.9 Å². The number of rotatable bonds is 7. The second-order valence-corrected chi connectivity index (χ2v) is 9.39. The zero-order valence-corrected chi connectivity index (χ0v) is 21.7. The SMILES string of the molecule is CN(Cc1cc(C(F)(F)F)cc(C(F)(F)F)c1)C(=O)c1ccccc1NC(=O)c1ccccc1Cc1ccccc1. The summed E-state index contributed by atoms with van der Waals surface area (Å²) in [4.78, 5) is 27.6. The predicted octanol–water partition coefficient (Wildman–Crippen LogP) is 7.84. The molecule has 0 saturated heterocycles. The number of hydrogen-bond donors (Lipinski definition) is 1. The Morgan fingerprint density at radius 1 is 0.683 bits per heavy atom. The Kier molecular flexibility index (Phi) is 8.51. The van der Waals surface area contributed by atoms with Crippen molar-refractivity contribution in [3.63, 3.8) is 0 Å². The van der Waals surface area contributed by atoms with Crippen LogP contribution in [0.3, 0.4) is 0 Å². The van der Waals surface area contributed by atoms with Gasteiger partial charge in [-0.25, -0.2) is 0 Å². The Morgan fingerprint density at radius 3 is 1.83 bits per heavy atom. The Hall–Kier alpha value is -4.60. The minimum Gasteiger partial charge on any atom is -0.337 e. The van der Waals surface area contributed by atoms with E-state index in [2.05, 4.69) is 5.32 Å². The summed E-state index contributed by atoms with van der Waals surface area (Å²) in [6.45, 7) is -0.534. The van der Waals surface area contributed by atoms with Gasteiger partial charge in [-0.05, 0) is 59.5 Å². The van der Waals surface area contributed by atoms with Crippen LogP contribution in [0.4, 0.5) is 32.0 Å². The fourth-order valence-electron chi connectivity index (χ4n) is 4.34. The molecule has 0 aromatic heterocycles. The highest BCUT2D eigenvalue weighted by Gasteiger charge is 2.37. The van der Waals surface area contributed by atoms with E-state index in [1.54, 1.807) is 24.3 Å². The molecule has 212 valence electrons. The largest absolute Gasteiger partial charge is 0.416 e. The van der Waals surface area contributed by atoms with Gasteiger partial charge in [0.05, 0.1) is 22.4 Å². The van der Waals surface area contributed by atoms with Crippen molar-refractivity contribution in [3.8, 4) is 0 Å². The van der Waals surface area contributed by atoms with Crippen molar-refractivity contribution in [2.24, 2.45) is 0 Å². The van der Waals surface area contributed by atoms with E-state index < -0.39 is 41.8 Å². The molecule has 4 aromatic carbocycles. The monoisotopic (exact) mass is 570 g/mol. The van der Waals surface area contributed by atoms with Gasteiger partial charge in [0.1, 0.15) is 0 Å². The van der Waals surface area contributed by atoms with E-state index >= 15 is 0 Å². The van der Waals surface area contributed by atoms with E-state index in [-0.39, 0.29) is 22.9 Å². The lowest BCUT2D eigenvalue weighted by Gasteiger charge is -2.21. The molecule has 0 spiro atoms. The minimum absolute atomic E-state index is 0.0203. The van der Waals surface area contributed by atoms with Crippen LogP contribution in [0.1, 0.15) is 48.5 Å². The maximum atomic E-state index is 13.3. The van der Waals surface area contributed by atoms with Crippen molar-refractivity contribution in [1.29, 1.82) is 0 Å². The van der Waals surface area contributed by atoms with Gasteiger partial charge in [0.25, 0.3) is 11.8 Å². The number of carbonyl (C=O) groups is 2. The second kappa shape index (κ2) is 11.9. The van der Waals surface area contributed by atoms with Crippen LogP contribution in [0.2, 0.25) is 0 Å². The Bertz CT molecular complexity index is 1520. The van der Waals surface area contributed by atoms with Crippen LogP contribution >= 0.6 is 0 Å². The lowest BCUT2D eigenvalue weighted by atomic mass is 9.99. The van der Waals surface area contributed by atoms with Crippen LogP contribution in [0, 0.1) is 0 Å². The first-order chi connectivity index (χ1) is 19.3. The molecule has 0 unspecified atom stereocenters. The molecule has 0 heterocycles. The second-order valence-electron chi connectivity index (χ2n) is 9.39. The Balaban J connectivity index is 1.57. The maximum Gasteiger partial charge on any atom is 0.416 e. The van der Waals surface area contributed by atoms with Crippen molar-refractivity contribution in [1.82, 2.24) is 4.90 Å². The van der Waals surface area contributed by atoms with Crippen LogP contribution in [0.5, 0.6) is 0 Å². The normalized spacial score (nSPS) is 11.7. The standard InChI is InChI=1S/C31H24F6N2O2/c1-39(19-21-16-23(30(32,33)34)18-24(17-21)31(35,36)37)29(41)26-13-7-8-14-27(26)38-28(40)25-12-6-5-11-22(25)15-20-9-3-2-4-10-20/h2-14,16-18H,15,19H2,1H3,(H,38,40). The molecule has 4 nitrogen and oxygen atoms in total. The summed E-state index contributed by atoms with van der Waals surface area (Å²) in [5.41, 5.74) is -0.990. The summed E-state index contributed by atoms with van der Waals surface area (Å²) in [5, 5.41) is 2.73. The highest BCUT2D eigenvalue weighted by molar-refractivity contribution is 6.09. The van der Waals surface area contributed by atoms with E-state index in [4.69, 9.17) is 0 Å². The van der Waals surface area contributed by atoms with Gasteiger partial charge in [-0.3, -0.25) is 9.59 Å². The number of benzene rings is 4. The van der Waals surface area contributed by atoms with Crippen LogP contribution in [0.25, 0.3) is 0 Å². The van der Waals surface area contributed by atoms with Crippen LogP contribution in [0.15, 0.2) is 97.1 Å². The lowest BCUT2D eigenvalue weighted by Crippen LogP contribution is -2.28. The fraction of sp³-hybridized carbons (Fsp3) is 0.161.